The highest BCUT2D eigenvalue weighted by molar-refractivity contribution is 7.89. The highest BCUT2D eigenvalue weighted by atomic mass is 32.2. The van der Waals surface area contributed by atoms with Gasteiger partial charge in [0, 0.05) is 20.6 Å². The first kappa shape index (κ1) is 17.2. The largest absolute Gasteiger partial charge is 0.497 e. The molecule has 0 bridgehead atoms. The second-order valence-electron chi connectivity index (χ2n) is 5.73. The van der Waals surface area contributed by atoms with Crippen LogP contribution in [-0.4, -0.2) is 24.7 Å². The molecule has 8 heteroatoms. The van der Waals surface area contributed by atoms with Crippen molar-refractivity contribution in [1.82, 2.24) is 13.9 Å². The molecule has 0 spiro atoms. The van der Waals surface area contributed by atoms with Gasteiger partial charge in [-0.05, 0) is 35.9 Å². The first-order valence-corrected chi connectivity index (χ1v) is 9.10. The van der Waals surface area contributed by atoms with E-state index in [1.54, 1.807) is 45.5 Å². The van der Waals surface area contributed by atoms with Crippen molar-refractivity contribution in [2.75, 3.05) is 7.11 Å². The zero-order chi connectivity index (χ0) is 18.2. The van der Waals surface area contributed by atoms with E-state index in [0.29, 0.717) is 16.8 Å². The van der Waals surface area contributed by atoms with Crippen LogP contribution < -0.4 is 15.1 Å². The Labute approximate surface area is 145 Å². The van der Waals surface area contributed by atoms with Crippen molar-refractivity contribution >= 4 is 21.1 Å². The van der Waals surface area contributed by atoms with Crippen molar-refractivity contribution in [2.45, 2.75) is 11.4 Å². The third kappa shape index (κ3) is 3.18. The van der Waals surface area contributed by atoms with Crippen LogP contribution in [0.3, 0.4) is 0 Å². The van der Waals surface area contributed by atoms with Gasteiger partial charge < -0.3 is 4.74 Å². The number of hydrogen-bond donors (Lipinski definition) is 1. The van der Waals surface area contributed by atoms with E-state index in [4.69, 9.17) is 4.74 Å². The van der Waals surface area contributed by atoms with Gasteiger partial charge in [-0.1, -0.05) is 12.1 Å². The van der Waals surface area contributed by atoms with Gasteiger partial charge in [0.2, 0.25) is 10.0 Å². The van der Waals surface area contributed by atoms with E-state index >= 15 is 0 Å². The van der Waals surface area contributed by atoms with E-state index in [1.807, 2.05) is 6.07 Å². The first-order valence-electron chi connectivity index (χ1n) is 7.61. The first-order chi connectivity index (χ1) is 11.8. The third-order valence-electron chi connectivity index (χ3n) is 4.15. The van der Waals surface area contributed by atoms with Crippen LogP contribution in [-0.2, 0) is 30.7 Å². The summed E-state index contributed by atoms with van der Waals surface area (Å²) in [6.07, 6.45) is 0. The number of aromatic nitrogens is 2. The Bertz CT molecular complexity index is 1100. The number of sulfonamides is 1. The van der Waals surface area contributed by atoms with E-state index < -0.39 is 10.0 Å². The molecule has 0 atom stereocenters. The Hall–Kier alpha value is -2.58. The Morgan fingerprint density at radius 1 is 1.04 bits per heavy atom. The molecular weight excluding hydrogens is 342 g/mol. The lowest BCUT2D eigenvalue weighted by Gasteiger charge is -2.08. The molecule has 2 aromatic carbocycles. The van der Waals surface area contributed by atoms with Gasteiger partial charge in [0.05, 0.1) is 23.0 Å². The summed E-state index contributed by atoms with van der Waals surface area (Å²) in [6.45, 7) is 0.144. The summed E-state index contributed by atoms with van der Waals surface area (Å²) in [7, 11) is 1.12. The Morgan fingerprint density at radius 3 is 2.48 bits per heavy atom. The van der Waals surface area contributed by atoms with Crippen LogP contribution in [0.15, 0.2) is 52.2 Å². The van der Waals surface area contributed by atoms with E-state index in [0.717, 1.165) is 5.56 Å². The van der Waals surface area contributed by atoms with Crippen molar-refractivity contribution in [3.63, 3.8) is 0 Å². The van der Waals surface area contributed by atoms with Crippen molar-refractivity contribution in [1.29, 1.82) is 0 Å². The predicted molar refractivity (Wildman–Crippen MR) is 95.2 cm³/mol. The lowest BCUT2D eigenvalue weighted by Crippen LogP contribution is -2.23. The van der Waals surface area contributed by atoms with Crippen molar-refractivity contribution in [3.8, 4) is 5.75 Å². The summed E-state index contributed by atoms with van der Waals surface area (Å²) in [5, 5.41) is 0. The zero-order valence-electron chi connectivity index (χ0n) is 14.2. The van der Waals surface area contributed by atoms with Crippen LogP contribution in [0.2, 0.25) is 0 Å². The number of methoxy groups -OCH3 is 1. The van der Waals surface area contributed by atoms with Gasteiger partial charge in [-0.25, -0.2) is 17.9 Å². The number of imidazole rings is 1. The number of nitrogens with one attached hydrogen (secondary N) is 1. The molecule has 0 saturated carbocycles. The molecule has 1 aromatic heterocycles. The third-order valence-corrected chi connectivity index (χ3v) is 5.55. The molecule has 3 aromatic rings. The molecule has 132 valence electrons. The van der Waals surface area contributed by atoms with Crippen molar-refractivity contribution in [2.24, 2.45) is 14.1 Å². The summed E-state index contributed by atoms with van der Waals surface area (Å²) in [6, 6.07) is 11.8. The molecule has 0 amide bonds. The SMILES string of the molecule is COc1cccc(CNS(=O)(=O)c2ccc3c(c2)n(C)c(=O)n3C)c1. The monoisotopic (exact) mass is 361 g/mol. The number of hydrogen-bond acceptors (Lipinski definition) is 4. The molecule has 0 unspecified atom stereocenters. The number of rotatable bonds is 5. The summed E-state index contributed by atoms with van der Waals surface area (Å²) in [5.41, 5.74) is 1.83. The fourth-order valence-electron chi connectivity index (χ4n) is 2.70. The molecule has 1 N–H and O–H groups in total. The standard InChI is InChI=1S/C17H19N3O4S/c1-19-15-8-7-14(10-16(15)20(2)17(19)21)25(22,23)18-11-12-5-4-6-13(9-12)24-3/h4-10,18H,11H2,1-3H3. The average Bonchev–Trinajstić information content (AvgIpc) is 2.84. The minimum atomic E-state index is -3.71. The van der Waals surface area contributed by atoms with E-state index in [9.17, 15) is 13.2 Å². The van der Waals surface area contributed by atoms with Gasteiger partial charge in [0.25, 0.3) is 0 Å². The number of aryl methyl sites for hydroxylation is 2. The second-order valence-corrected chi connectivity index (χ2v) is 7.49. The van der Waals surface area contributed by atoms with Gasteiger partial charge in [-0.3, -0.25) is 9.13 Å². The summed E-state index contributed by atoms with van der Waals surface area (Å²) in [4.78, 5) is 12.1. The molecule has 0 fully saturated rings. The lowest BCUT2D eigenvalue weighted by atomic mass is 10.2. The van der Waals surface area contributed by atoms with E-state index in [-0.39, 0.29) is 17.1 Å². The second kappa shape index (κ2) is 6.38. The van der Waals surface area contributed by atoms with Crippen LogP contribution in [0.4, 0.5) is 0 Å². The average molecular weight is 361 g/mol. The predicted octanol–water partition coefficient (Wildman–Crippen LogP) is 1.36. The smallest absolute Gasteiger partial charge is 0.328 e. The summed E-state index contributed by atoms with van der Waals surface area (Å²) >= 11 is 0. The molecule has 0 saturated heterocycles. The Balaban J connectivity index is 1.90. The molecule has 0 aliphatic rings. The van der Waals surface area contributed by atoms with Gasteiger partial charge in [0.15, 0.2) is 0 Å². The van der Waals surface area contributed by atoms with Crippen LogP contribution in [0.1, 0.15) is 5.56 Å². The maximum absolute atomic E-state index is 12.6. The van der Waals surface area contributed by atoms with Crippen molar-refractivity contribution < 1.29 is 13.2 Å². The van der Waals surface area contributed by atoms with Gasteiger partial charge in [-0.15, -0.1) is 0 Å². The van der Waals surface area contributed by atoms with Gasteiger partial charge in [0.1, 0.15) is 5.75 Å². The highest BCUT2D eigenvalue weighted by Gasteiger charge is 2.17. The topological polar surface area (TPSA) is 82.3 Å². The summed E-state index contributed by atoms with van der Waals surface area (Å²) in [5.74, 6) is 0.664. The molecule has 0 aliphatic carbocycles. The normalized spacial score (nSPS) is 11.8. The Morgan fingerprint density at radius 2 is 1.76 bits per heavy atom. The fourth-order valence-corrected chi connectivity index (χ4v) is 3.74. The number of ether oxygens (including phenoxy) is 1. The van der Waals surface area contributed by atoms with Gasteiger partial charge >= 0.3 is 5.69 Å². The van der Waals surface area contributed by atoms with Crippen LogP contribution in [0, 0.1) is 0 Å². The minimum absolute atomic E-state index is 0.115. The maximum Gasteiger partial charge on any atom is 0.328 e. The lowest BCUT2D eigenvalue weighted by molar-refractivity contribution is 0.414. The molecular formula is C17H19N3O4S. The minimum Gasteiger partial charge on any atom is -0.497 e. The molecule has 0 aliphatic heterocycles. The van der Waals surface area contributed by atoms with Gasteiger partial charge in [-0.2, -0.15) is 0 Å². The van der Waals surface area contributed by atoms with Crippen LogP contribution in [0.5, 0.6) is 5.75 Å². The van der Waals surface area contributed by atoms with Crippen LogP contribution >= 0.6 is 0 Å². The fraction of sp³-hybridized carbons (Fsp3) is 0.235. The molecule has 25 heavy (non-hydrogen) atoms. The van der Waals surface area contributed by atoms with Crippen LogP contribution in [0.25, 0.3) is 11.0 Å². The number of fused-ring (bicyclic) bond motifs is 1. The maximum atomic E-state index is 12.6. The highest BCUT2D eigenvalue weighted by Crippen LogP contribution is 2.18. The zero-order valence-corrected chi connectivity index (χ0v) is 15.0. The molecule has 3 rings (SSSR count). The van der Waals surface area contributed by atoms with E-state index in [2.05, 4.69) is 4.72 Å². The van der Waals surface area contributed by atoms with E-state index in [1.165, 1.54) is 21.3 Å². The molecule has 0 radical (unpaired) electrons. The summed E-state index contributed by atoms with van der Waals surface area (Å²) < 4.78 is 35.8. The number of benzene rings is 2. The molecule has 7 nitrogen and oxygen atoms in total. The van der Waals surface area contributed by atoms with Crippen molar-refractivity contribution in [3.05, 3.63) is 58.5 Å². The quantitative estimate of drug-likeness (QED) is 0.744. The number of nitrogens with zero attached hydrogens (tertiary/aromatic N) is 2. The Kier molecular flexibility index (Phi) is 4.40. The molecule has 1 heterocycles.